The largest absolute Gasteiger partial charge is 0.388 e. The van der Waals surface area contributed by atoms with Gasteiger partial charge in [0, 0.05) is 0 Å². The van der Waals surface area contributed by atoms with Crippen LogP contribution < -0.4 is 0 Å². The monoisotopic (exact) mass is 258 g/mol. The minimum atomic E-state index is -0.427. The van der Waals surface area contributed by atoms with E-state index in [-0.39, 0.29) is 6.29 Å². The van der Waals surface area contributed by atoms with Gasteiger partial charge in [0.25, 0.3) is 0 Å². The highest BCUT2D eigenvalue weighted by Crippen LogP contribution is 2.15. The summed E-state index contributed by atoms with van der Waals surface area (Å²) in [5.41, 5.74) is 0. The Morgan fingerprint density at radius 3 is 1.89 bits per heavy atom. The molecule has 0 aromatic heterocycles. The number of aliphatic hydroxyl groups excluding tert-OH is 1. The molecule has 3 heteroatoms. The van der Waals surface area contributed by atoms with Crippen LogP contribution in [-0.4, -0.2) is 30.7 Å². The molecule has 1 fully saturated rings. The fraction of sp³-hybridized carbons (Fsp3) is 1.00. The third-order valence-electron chi connectivity index (χ3n) is 3.49. The third-order valence-corrected chi connectivity index (χ3v) is 3.49. The zero-order valence-corrected chi connectivity index (χ0v) is 11.9. The Hall–Kier alpha value is -0.120. The molecule has 0 atom stereocenters. The van der Waals surface area contributed by atoms with Crippen LogP contribution in [0.3, 0.4) is 0 Å². The van der Waals surface area contributed by atoms with Crippen LogP contribution in [0, 0.1) is 0 Å². The van der Waals surface area contributed by atoms with E-state index in [1.165, 1.54) is 57.8 Å². The molecule has 1 saturated heterocycles. The molecule has 0 saturated carbocycles. The second-order valence-electron chi connectivity index (χ2n) is 5.37. The van der Waals surface area contributed by atoms with Gasteiger partial charge in [-0.3, -0.25) is 0 Å². The minimum absolute atomic E-state index is 0.0713. The van der Waals surface area contributed by atoms with Gasteiger partial charge in [-0.25, -0.2) is 0 Å². The van der Waals surface area contributed by atoms with E-state index in [1.54, 1.807) is 0 Å². The van der Waals surface area contributed by atoms with Gasteiger partial charge < -0.3 is 14.6 Å². The topological polar surface area (TPSA) is 38.7 Å². The van der Waals surface area contributed by atoms with Gasteiger partial charge in [-0.05, 0) is 12.8 Å². The summed E-state index contributed by atoms with van der Waals surface area (Å²) in [6.45, 7) is 3.12. The molecule has 3 nitrogen and oxygen atoms in total. The minimum Gasteiger partial charge on any atom is -0.388 e. The third kappa shape index (κ3) is 8.06. The van der Waals surface area contributed by atoms with Crippen LogP contribution in [0.25, 0.3) is 0 Å². The quantitative estimate of drug-likeness (QED) is 0.608. The van der Waals surface area contributed by atoms with E-state index in [1.807, 2.05) is 0 Å². The average Bonchev–Trinajstić information content (AvgIpc) is 2.39. The van der Waals surface area contributed by atoms with E-state index in [0.717, 1.165) is 6.42 Å². The number of hydrogen-bond acceptors (Lipinski definition) is 3. The fourth-order valence-corrected chi connectivity index (χ4v) is 2.32. The lowest BCUT2D eigenvalue weighted by atomic mass is 10.1. The van der Waals surface area contributed by atoms with Crippen molar-refractivity contribution in [2.45, 2.75) is 83.5 Å². The Morgan fingerprint density at radius 1 is 0.833 bits per heavy atom. The Balaban J connectivity index is 1.78. The molecule has 0 unspecified atom stereocenters. The molecule has 108 valence electrons. The number of ether oxygens (including phenoxy) is 2. The van der Waals surface area contributed by atoms with Gasteiger partial charge in [-0.2, -0.15) is 0 Å². The molecule has 1 rings (SSSR count). The van der Waals surface area contributed by atoms with Crippen molar-refractivity contribution < 1.29 is 14.6 Å². The molecule has 0 aromatic carbocycles. The van der Waals surface area contributed by atoms with Gasteiger partial charge in [-0.1, -0.05) is 58.3 Å². The van der Waals surface area contributed by atoms with Gasteiger partial charge in [0.15, 0.2) is 6.29 Å². The standard InChI is InChI=1S/C15H30O3/c1-2-3-4-5-6-7-8-9-10-11-15-17-12-14(16)13-18-15/h14-16H,2-13H2,1H3/t14-,15-. The van der Waals surface area contributed by atoms with Crippen molar-refractivity contribution in [3.63, 3.8) is 0 Å². The smallest absolute Gasteiger partial charge is 0.157 e. The van der Waals surface area contributed by atoms with Crippen molar-refractivity contribution in [3.05, 3.63) is 0 Å². The summed E-state index contributed by atoms with van der Waals surface area (Å²) in [4.78, 5) is 0. The van der Waals surface area contributed by atoms with Crippen molar-refractivity contribution >= 4 is 0 Å². The Morgan fingerprint density at radius 2 is 1.33 bits per heavy atom. The number of hydrogen-bond donors (Lipinski definition) is 1. The molecule has 0 amide bonds. The first-order valence-electron chi connectivity index (χ1n) is 7.74. The molecular formula is C15H30O3. The summed E-state index contributed by atoms with van der Waals surface area (Å²) in [6, 6.07) is 0. The van der Waals surface area contributed by atoms with E-state index >= 15 is 0 Å². The zero-order chi connectivity index (χ0) is 13.1. The molecule has 0 aliphatic carbocycles. The fourth-order valence-electron chi connectivity index (χ4n) is 2.32. The van der Waals surface area contributed by atoms with E-state index in [9.17, 15) is 5.11 Å². The summed E-state index contributed by atoms with van der Waals surface area (Å²) >= 11 is 0. The van der Waals surface area contributed by atoms with E-state index in [0.29, 0.717) is 13.2 Å². The van der Waals surface area contributed by atoms with E-state index in [2.05, 4.69) is 6.92 Å². The SMILES string of the molecule is CCCCCCCCCCC[C@H]1OC[C@H](O)CO1. The van der Waals surface area contributed by atoms with Crippen molar-refractivity contribution in [1.82, 2.24) is 0 Å². The summed E-state index contributed by atoms with van der Waals surface area (Å²) in [7, 11) is 0. The molecule has 1 aliphatic rings. The highest BCUT2D eigenvalue weighted by Gasteiger charge is 2.19. The lowest BCUT2D eigenvalue weighted by molar-refractivity contribution is -0.218. The van der Waals surface area contributed by atoms with Crippen molar-refractivity contribution in [1.29, 1.82) is 0 Å². The summed E-state index contributed by atoms with van der Waals surface area (Å²) in [6.07, 6.45) is 12.6. The van der Waals surface area contributed by atoms with Crippen LogP contribution in [0.5, 0.6) is 0 Å². The van der Waals surface area contributed by atoms with Crippen LogP contribution in [0.4, 0.5) is 0 Å². The first-order valence-corrected chi connectivity index (χ1v) is 7.74. The summed E-state index contributed by atoms with van der Waals surface area (Å²) in [5, 5.41) is 9.21. The van der Waals surface area contributed by atoms with Crippen LogP contribution in [0.2, 0.25) is 0 Å². The maximum atomic E-state index is 9.21. The first kappa shape index (κ1) is 15.9. The normalized spacial score (nSPS) is 24.3. The predicted molar refractivity (Wildman–Crippen MR) is 73.5 cm³/mol. The van der Waals surface area contributed by atoms with E-state index < -0.39 is 6.10 Å². The second kappa shape index (κ2) is 10.8. The van der Waals surface area contributed by atoms with E-state index in [4.69, 9.17) is 9.47 Å². The lowest BCUT2D eigenvalue weighted by Crippen LogP contribution is -2.35. The molecule has 0 radical (unpaired) electrons. The van der Waals surface area contributed by atoms with Crippen molar-refractivity contribution in [2.24, 2.45) is 0 Å². The van der Waals surface area contributed by atoms with Gasteiger partial charge in [0.2, 0.25) is 0 Å². The molecule has 1 N–H and O–H groups in total. The lowest BCUT2D eigenvalue weighted by Gasteiger charge is -2.26. The van der Waals surface area contributed by atoms with Gasteiger partial charge in [0.05, 0.1) is 13.2 Å². The molecule has 0 aromatic rings. The molecule has 0 bridgehead atoms. The highest BCUT2D eigenvalue weighted by atomic mass is 16.7. The molecular weight excluding hydrogens is 228 g/mol. The summed E-state index contributed by atoms with van der Waals surface area (Å²) in [5.74, 6) is 0. The van der Waals surface area contributed by atoms with Crippen LogP contribution in [-0.2, 0) is 9.47 Å². The number of unbranched alkanes of at least 4 members (excludes halogenated alkanes) is 8. The zero-order valence-electron chi connectivity index (χ0n) is 11.9. The second-order valence-corrected chi connectivity index (χ2v) is 5.37. The van der Waals surface area contributed by atoms with Crippen LogP contribution in [0.1, 0.15) is 71.1 Å². The van der Waals surface area contributed by atoms with Gasteiger partial charge in [-0.15, -0.1) is 0 Å². The first-order chi connectivity index (χ1) is 8.83. The van der Waals surface area contributed by atoms with Crippen LogP contribution >= 0.6 is 0 Å². The molecule has 18 heavy (non-hydrogen) atoms. The maximum Gasteiger partial charge on any atom is 0.157 e. The maximum absolute atomic E-state index is 9.21. The number of aliphatic hydroxyl groups is 1. The van der Waals surface area contributed by atoms with Gasteiger partial charge >= 0.3 is 0 Å². The molecule has 1 aliphatic heterocycles. The number of rotatable bonds is 10. The predicted octanol–water partition coefficient (Wildman–Crippen LogP) is 3.64. The van der Waals surface area contributed by atoms with Crippen LogP contribution in [0.15, 0.2) is 0 Å². The van der Waals surface area contributed by atoms with Crippen molar-refractivity contribution in [2.75, 3.05) is 13.2 Å². The Kier molecular flexibility index (Phi) is 9.54. The highest BCUT2D eigenvalue weighted by molar-refractivity contribution is 4.60. The summed E-state index contributed by atoms with van der Waals surface area (Å²) < 4.78 is 10.8. The Labute approximate surface area is 112 Å². The molecule has 1 heterocycles. The van der Waals surface area contributed by atoms with Crippen molar-refractivity contribution in [3.8, 4) is 0 Å². The average molecular weight is 258 g/mol. The van der Waals surface area contributed by atoms with Gasteiger partial charge in [0.1, 0.15) is 6.10 Å². The Bertz CT molecular complexity index is 177. The molecule has 0 spiro atoms.